The molecule has 0 bridgehead atoms. The van der Waals surface area contributed by atoms with Gasteiger partial charge in [-0.3, -0.25) is 24.0 Å². The molecule has 2 unspecified atom stereocenters. The molecule has 0 saturated heterocycles. The van der Waals surface area contributed by atoms with E-state index in [-0.39, 0.29) is 25.5 Å². The topological polar surface area (TPSA) is 184 Å². The van der Waals surface area contributed by atoms with Crippen molar-refractivity contribution in [3.05, 3.63) is 71.8 Å². The average molecular weight is 1070 g/mol. The summed E-state index contributed by atoms with van der Waals surface area (Å²) >= 11 is 0. The first-order chi connectivity index (χ1) is 37.6. The van der Waals surface area contributed by atoms with Gasteiger partial charge in [0.1, 0.15) is 25.3 Å². The average Bonchev–Trinajstić information content (AvgIpc) is 3.43. The van der Waals surface area contributed by atoms with E-state index in [0.717, 1.165) is 37.1 Å². The Bertz CT molecular complexity index is 1780. The van der Waals surface area contributed by atoms with Gasteiger partial charge >= 0.3 is 12.1 Å². The van der Waals surface area contributed by atoms with Gasteiger partial charge in [-0.2, -0.15) is 0 Å². The predicted octanol–water partition coefficient (Wildman–Crippen LogP) is 11.9. The number of amides is 5. The van der Waals surface area contributed by atoms with Gasteiger partial charge in [-0.1, -0.05) is 241 Å². The Morgan fingerprint density at radius 3 is 1.35 bits per heavy atom. The fourth-order valence-electron chi connectivity index (χ4n) is 9.46. The highest BCUT2D eigenvalue weighted by Crippen LogP contribution is 2.16. The zero-order valence-corrected chi connectivity index (χ0v) is 48.4. The molecule has 0 aromatic heterocycles. The molecule has 0 spiro atoms. The van der Waals surface area contributed by atoms with Crippen LogP contribution in [0.4, 0.5) is 9.59 Å². The summed E-state index contributed by atoms with van der Waals surface area (Å²) in [6.45, 7) is 7.53. The van der Waals surface area contributed by atoms with Crippen LogP contribution in [0.1, 0.15) is 230 Å². The van der Waals surface area contributed by atoms with Crippen LogP contribution in [0.2, 0.25) is 0 Å². The van der Waals surface area contributed by atoms with Gasteiger partial charge in [0.25, 0.3) is 0 Å². The lowest BCUT2D eigenvalue weighted by Gasteiger charge is -2.25. The molecule has 0 aliphatic carbocycles. The molecular weight excluding hydrogens is 968 g/mol. The summed E-state index contributed by atoms with van der Waals surface area (Å²) in [5, 5.41) is 13.6. The van der Waals surface area contributed by atoms with Gasteiger partial charge in [-0.15, -0.1) is 0 Å². The third kappa shape index (κ3) is 40.0. The summed E-state index contributed by atoms with van der Waals surface area (Å²) in [4.78, 5) is 80.7. The van der Waals surface area contributed by atoms with Crippen molar-refractivity contribution in [1.82, 2.24) is 31.5 Å². The Morgan fingerprint density at radius 2 is 0.896 bits per heavy atom. The fraction of sp³-hybridized carbons (Fsp3) is 0.710. The number of carbonyl (C=O) groups excluding carboxylic acids is 6. The normalized spacial score (nSPS) is 11.9. The second-order valence-corrected chi connectivity index (χ2v) is 21.3. The summed E-state index contributed by atoms with van der Waals surface area (Å²) in [6.07, 6.45) is 36.8. The summed E-state index contributed by atoms with van der Waals surface area (Å²) in [6, 6.07) is 16.1. The second kappa shape index (κ2) is 48.2. The van der Waals surface area contributed by atoms with E-state index in [1.165, 1.54) is 175 Å². The van der Waals surface area contributed by atoms with E-state index in [9.17, 15) is 28.8 Å². The maximum atomic E-state index is 14.1. The minimum atomic E-state index is -1.39. The Hall–Kier alpha value is -4.92. The molecule has 5 amide bonds. The number of hydrogen-bond acceptors (Lipinski definition) is 9. The van der Waals surface area contributed by atoms with Crippen molar-refractivity contribution in [3.8, 4) is 0 Å². The number of benzene rings is 2. The Labute approximate surface area is 467 Å². The largest absolute Gasteiger partial charge is 0.461 e. The van der Waals surface area contributed by atoms with Crippen molar-refractivity contribution in [2.75, 3.05) is 39.3 Å². The van der Waals surface area contributed by atoms with Crippen molar-refractivity contribution in [3.63, 3.8) is 0 Å². The van der Waals surface area contributed by atoms with Crippen LogP contribution >= 0.6 is 0 Å². The smallest absolute Gasteiger partial charge is 0.407 e. The number of esters is 1. The van der Waals surface area contributed by atoms with Crippen LogP contribution < -0.4 is 26.6 Å². The number of nitrogens with zero attached hydrogens (tertiary/aromatic N) is 1. The van der Waals surface area contributed by atoms with Crippen molar-refractivity contribution in [2.45, 2.75) is 245 Å². The van der Waals surface area contributed by atoms with Crippen molar-refractivity contribution in [1.29, 1.82) is 0 Å². The number of carbonyl (C=O) groups is 6. The summed E-state index contributed by atoms with van der Waals surface area (Å²) in [7, 11) is 1.27. The minimum absolute atomic E-state index is 0.0253. The molecule has 0 heterocycles. The van der Waals surface area contributed by atoms with Gasteiger partial charge in [0.2, 0.25) is 25.6 Å². The van der Waals surface area contributed by atoms with E-state index >= 15 is 0 Å². The summed E-state index contributed by atoms with van der Waals surface area (Å²) in [5.74, 6) is -2.95. The van der Waals surface area contributed by atoms with E-state index in [1.807, 2.05) is 48.5 Å². The summed E-state index contributed by atoms with van der Waals surface area (Å²) < 4.78 is 10.8. The number of nitrogens with one attached hydrogen (secondary N) is 5. The highest BCUT2D eigenvalue weighted by Gasteiger charge is 2.29. The molecule has 0 aliphatic rings. The number of ether oxygens (including phenoxy) is 2. The number of unbranched alkanes of at least 4 members (excludes halogenated alkanes) is 27. The fourth-order valence-corrected chi connectivity index (χ4v) is 9.46. The van der Waals surface area contributed by atoms with Gasteiger partial charge in [0, 0.05) is 19.6 Å². The highest BCUT2D eigenvalue weighted by molar-refractivity contribution is 6.57. The molecule has 14 nitrogen and oxygen atoms in total. The number of rotatable bonds is 50. The molecule has 0 aliphatic heterocycles. The molecule has 2 rings (SSSR count). The minimum Gasteiger partial charge on any atom is -0.461 e. The molecular formula is C62H105BN6O8. The summed E-state index contributed by atoms with van der Waals surface area (Å²) in [5.41, 5.74) is 1.62. The van der Waals surface area contributed by atoms with Crippen molar-refractivity contribution < 1.29 is 38.2 Å². The molecule has 0 radical (unpaired) electrons. The van der Waals surface area contributed by atoms with Crippen LogP contribution in [0.15, 0.2) is 60.7 Å². The van der Waals surface area contributed by atoms with E-state index < -0.39 is 54.7 Å². The van der Waals surface area contributed by atoms with Crippen LogP contribution in [0.3, 0.4) is 0 Å². The molecule has 2 atom stereocenters. The number of hydrogen-bond donors (Lipinski definition) is 5. The van der Waals surface area contributed by atoms with Crippen LogP contribution in [0.5, 0.6) is 0 Å². The Kier molecular flexibility index (Phi) is 42.7. The molecule has 0 fully saturated rings. The van der Waals surface area contributed by atoms with Gasteiger partial charge < -0.3 is 41.0 Å². The molecule has 15 heteroatoms. The first kappa shape index (κ1) is 68.2. The van der Waals surface area contributed by atoms with Crippen molar-refractivity contribution in [2.24, 2.45) is 0 Å². The third-order valence-electron chi connectivity index (χ3n) is 14.2. The molecule has 0 saturated carbocycles. The van der Waals surface area contributed by atoms with Crippen molar-refractivity contribution >= 4 is 43.4 Å². The van der Waals surface area contributed by atoms with E-state index in [1.54, 1.807) is 12.1 Å². The molecule has 2 aromatic carbocycles. The van der Waals surface area contributed by atoms with Gasteiger partial charge in [-0.25, -0.2) is 4.79 Å². The van der Waals surface area contributed by atoms with Crippen LogP contribution in [0.25, 0.3) is 0 Å². The molecule has 5 N–H and O–H groups in total. The predicted molar refractivity (Wildman–Crippen MR) is 315 cm³/mol. The zero-order valence-electron chi connectivity index (χ0n) is 48.4. The third-order valence-corrected chi connectivity index (χ3v) is 14.2. The van der Waals surface area contributed by atoms with E-state index in [4.69, 9.17) is 9.47 Å². The van der Waals surface area contributed by atoms with E-state index in [2.05, 4.69) is 45.3 Å². The molecule has 434 valence electrons. The SMILES string of the molecule is BC(=O)NCC(=O)NC(CC(=O)OCc1ccccc1)C(=O)NC(CCCCNC(=O)OCc1ccccc1)C(=O)NCCN(CCCCCCCCCCCCCCCC)CCCCCCCCCCCCCCCC. The zero-order chi connectivity index (χ0) is 55.7. The van der Waals surface area contributed by atoms with Gasteiger partial charge in [0.05, 0.1) is 13.0 Å². The maximum absolute atomic E-state index is 14.1. The first-order valence-electron chi connectivity index (χ1n) is 30.6. The van der Waals surface area contributed by atoms with E-state index in [0.29, 0.717) is 32.5 Å². The second-order valence-electron chi connectivity index (χ2n) is 21.3. The lowest BCUT2D eigenvalue weighted by atomic mass is 10.0. The lowest BCUT2D eigenvalue weighted by molar-refractivity contribution is -0.147. The molecule has 2 aromatic rings. The van der Waals surface area contributed by atoms with Crippen LogP contribution in [-0.4, -0.2) is 99.7 Å². The maximum Gasteiger partial charge on any atom is 0.407 e. The lowest BCUT2D eigenvalue weighted by Crippen LogP contribution is -2.55. The Morgan fingerprint density at radius 1 is 0.455 bits per heavy atom. The van der Waals surface area contributed by atoms with Crippen LogP contribution in [-0.2, 0) is 41.9 Å². The standard InChI is InChI=1S/C62H105BN6O8/c1-3-5-7-9-11-13-15-17-19-21-23-25-27-37-46-69(47-38-28-26-24-22-20-18-16-14-12-10-8-6-4-2)48-45-64-59(72)55(43-35-36-44-65-62(75)77-52-54-41-33-30-34-42-54)68-60(73)56(67-57(70)50-66-61(63)74)49-58(71)76-51-53-39-31-29-32-40-53/h29-34,39-42,55-56H,3-28,35-38,43-52,63H2,1-2H3,(H,64,72)(H,65,75)(H,66,74)(H,67,70)(H,68,73). The van der Waals surface area contributed by atoms with Gasteiger partial charge in [-0.05, 0) is 56.3 Å². The first-order valence-corrected chi connectivity index (χ1v) is 30.6. The Balaban J connectivity index is 2.04. The highest BCUT2D eigenvalue weighted by atomic mass is 16.5. The van der Waals surface area contributed by atoms with Crippen LogP contribution in [0, 0.1) is 0 Å². The monoisotopic (exact) mass is 1070 g/mol. The number of alkyl carbamates (subject to hydrolysis) is 1. The van der Waals surface area contributed by atoms with Gasteiger partial charge in [0.15, 0.2) is 5.81 Å². The quantitative estimate of drug-likeness (QED) is 0.0244. The molecule has 77 heavy (non-hydrogen) atoms.